The minimum atomic E-state index is -0.422. The van der Waals surface area contributed by atoms with Crippen LogP contribution in [0.3, 0.4) is 0 Å². The molecule has 0 atom stereocenters. The topological polar surface area (TPSA) is 91.6 Å². The lowest BCUT2D eigenvalue weighted by atomic mass is 10.1. The first kappa shape index (κ1) is 20.3. The Hall–Kier alpha value is -3.56. The van der Waals surface area contributed by atoms with Crippen molar-refractivity contribution in [3.63, 3.8) is 0 Å². The van der Waals surface area contributed by atoms with Gasteiger partial charge >= 0.3 is 0 Å². The summed E-state index contributed by atoms with van der Waals surface area (Å²) in [6, 6.07) is 16.6. The monoisotopic (exact) mass is 447 g/mol. The van der Waals surface area contributed by atoms with Gasteiger partial charge in [-0.2, -0.15) is 0 Å². The van der Waals surface area contributed by atoms with Crippen LogP contribution in [0.15, 0.2) is 54.6 Å². The average Bonchev–Trinajstić information content (AvgIpc) is 3.22. The van der Waals surface area contributed by atoms with Crippen LogP contribution < -0.4 is 10.2 Å². The number of amides is 1. The first-order valence-corrected chi connectivity index (χ1v) is 11.1. The number of hydrogen-bond donors (Lipinski definition) is 1. The van der Waals surface area contributed by atoms with Crippen LogP contribution in [-0.2, 0) is 0 Å². The van der Waals surface area contributed by atoms with Crippen LogP contribution in [0.25, 0.3) is 21.0 Å². The maximum absolute atomic E-state index is 12.9. The van der Waals surface area contributed by atoms with Crippen molar-refractivity contribution in [2.75, 3.05) is 43.4 Å². The van der Waals surface area contributed by atoms with Crippen molar-refractivity contribution in [2.24, 2.45) is 0 Å². The second-order valence-corrected chi connectivity index (χ2v) is 8.89. The molecule has 0 bridgehead atoms. The van der Waals surface area contributed by atoms with E-state index >= 15 is 0 Å². The fourth-order valence-electron chi connectivity index (χ4n) is 4.01. The van der Waals surface area contributed by atoms with Gasteiger partial charge < -0.3 is 9.80 Å². The van der Waals surface area contributed by atoms with Gasteiger partial charge in [-0.15, -0.1) is 0 Å². The number of thiazole rings is 1. The number of carbonyl (C=O) groups is 1. The van der Waals surface area contributed by atoms with Gasteiger partial charge in [0.25, 0.3) is 11.6 Å². The Kier molecular flexibility index (Phi) is 5.20. The van der Waals surface area contributed by atoms with Crippen molar-refractivity contribution in [1.82, 2.24) is 9.88 Å². The highest BCUT2D eigenvalue weighted by molar-refractivity contribution is 7.22. The lowest BCUT2D eigenvalue weighted by Gasteiger charge is -2.33. The summed E-state index contributed by atoms with van der Waals surface area (Å²) in [4.78, 5) is 33.0. The van der Waals surface area contributed by atoms with Crippen molar-refractivity contribution in [2.45, 2.75) is 0 Å². The number of rotatable bonds is 4. The van der Waals surface area contributed by atoms with Gasteiger partial charge in [0.1, 0.15) is 5.69 Å². The van der Waals surface area contributed by atoms with E-state index in [2.05, 4.69) is 15.2 Å². The van der Waals surface area contributed by atoms with Crippen LogP contribution in [0.4, 0.5) is 16.5 Å². The van der Waals surface area contributed by atoms with Crippen LogP contribution in [-0.4, -0.2) is 53.9 Å². The molecule has 0 spiro atoms. The van der Waals surface area contributed by atoms with Gasteiger partial charge in [-0.25, -0.2) is 4.98 Å². The standard InChI is InChI=1S/C23H21N5O3S/c1-26-10-12-27(13-11-26)18-8-6-16(14-19(18)28(30)31)22(29)25-23-24-21-17-5-3-2-4-15(17)7-9-20(21)32-23/h2-9,14H,10-13H2,1H3,(H,24,25,29). The lowest BCUT2D eigenvalue weighted by molar-refractivity contribution is -0.384. The Bertz CT molecular complexity index is 1340. The second kappa shape index (κ2) is 8.18. The summed E-state index contributed by atoms with van der Waals surface area (Å²) in [6.07, 6.45) is 0. The molecule has 1 aromatic heterocycles. The van der Waals surface area contributed by atoms with Crippen molar-refractivity contribution >= 4 is 54.7 Å². The average molecular weight is 448 g/mol. The molecule has 0 radical (unpaired) electrons. The van der Waals surface area contributed by atoms with Gasteiger partial charge in [0, 0.05) is 43.2 Å². The van der Waals surface area contributed by atoms with E-state index in [1.807, 2.05) is 48.3 Å². The molecular weight excluding hydrogens is 426 g/mol. The molecule has 162 valence electrons. The van der Waals surface area contributed by atoms with Gasteiger partial charge in [-0.3, -0.25) is 20.2 Å². The van der Waals surface area contributed by atoms with E-state index in [1.165, 1.54) is 17.4 Å². The van der Waals surface area contributed by atoms with Crippen LogP contribution in [0.2, 0.25) is 0 Å². The van der Waals surface area contributed by atoms with Crippen molar-refractivity contribution in [1.29, 1.82) is 0 Å². The summed E-state index contributed by atoms with van der Waals surface area (Å²) >= 11 is 1.38. The van der Waals surface area contributed by atoms with Gasteiger partial charge in [0.15, 0.2) is 5.13 Å². The Morgan fingerprint density at radius 1 is 1.09 bits per heavy atom. The van der Waals surface area contributed by atoms with Crippen LogP contribution in [0.5, 0.6) is 0 Å². The smallest absolute Gasteiger partial charge is 0.293 e. The zero-order chi connectivity index (χ0) is 22.2. The molecule has 0 unspecified atom stereocenters. The molecule has 8 nitrogen and oxygen atoms in total. The van der Waals surface area contributed by atoms with E-state index in [0.29, 0.717) is 23.9 Å². The van der Waals surface area contributed by atoms with Crippen molar-refractivity contribution in [3.05, 3.63) is 70.3 Å². The Balaban J connectivity index is 1.42. The minimum Gasteiger partial charge on any atom is -0.363 e. The number of carbonyl (C=O) groups excluding carboxylic acids is 1. The van der Waals surface area contributed by atoms with E-state index in [9.17, 15) is 14.9 Å². The number of aromatic nitrogens is 1. The predicted molar refractivity (Wildman–Crippen MR) is 128 cm³/mol. The molecule has 3 aromatic carbocycles. The maximum Gasteiger partial charge on any atom is 0.293 e. The number of nitrogens with one attached hydrogen (secondary N) is 1. The van der Waals surface area contributed by atoms with E-state index in [-0.39, 0.29) is 11.3 Å². The van der Waals surface area contributed by atoms with Crippen LogP contribution in [0, 0.1) is 10.1 Å². The normalized spacial score (nSPS) is 14.7. The number of nitro benzene ring substituents is 1. The highest BCUT2D eigenvalue weighted by atomic mass is 32.1. The van der Waals surface area contributed by atoms with E-state index in [1.54, 1.807) is 12.1 Å². The summed E-state index contributed by atoms with van der Waals surface area (Å²) in [7, 11) is 2.03. The number of fused-ring (bicyclic) bond motifs is 3. The number of nitrogens with zero attached hydrogens (tertiary/aromatic N) is 4. The zero-order valence-corrected chi connectivity index (χ0v) is 18.3. The van der Waals surface area contributed by atoms with Gasteiger partial charge in [0.05, 0.1) is 15.1 Å². The summed E-state index contributed by atoms with van der Waals surface area (Å²) < 4.78 is 0.968. The highest BCUT2D eigenvalue weighted by Crippen LogP contribution is 2.33. The van der Waals surface area contributed by atoms with Crippen LogP contribution in [0.1, 0.15) is 10.4 Å². The molecule has 1 fully saturated rings. The fraction of sp³-hybridized carbons (Fsp3) is 0.217. The van der Waals surface area contributed by atoms with Crippen molar-refractivity contribution < 1.29 is 9.72 Å². The molecule has 2 heterocycles. The van der Waals surface area contributed by atoms with E-state index < -0.39 is 10.8 Å². The second-order valence-electron chi connectivity index (χ2n) is 7.86. The largest absolute Gasteiger partial charge is 0.363 e. The summed E-state index contributed by atoms with van der Waals surface area (Å²) in [5.41, 5.74) is 1.56. The summed E-state index contributed by atoms with van der Waals surface area (Å²) in [6.45, 7) is 3.10. The number of piperazine rings is 1. The molecule has 32 heavy (non-hydrogen) atoms. The highest BCUT2D eigenvalue weighted by Gasteiger charge is 2.24. The SMILES string of the molecule is CN1CCN(c2ccc(C(=O)Nc3nc4c(ccc5ccccc54)s3)cc2[N+](=O)[O-])CC1. The third kappa shape index (κ3) is 3.76. The van der Waals surface area contributed by atoms with Gasteiger partial charge in [0.2, 0.25) is 0 Å². The third-order valence-corrected chi connectivity index (χ3v) is 6.72. The van der Waals surface area contributed by atoms with Gasteiger partial charge in [-0.1, -0.05) is 41.7 Å². The zero-order valence-electron chi connectivity index (χ0n) is 17.4. The Morgan fingerprint density at radius 3 is 2.66 bits per heavy atom. The predicted octanol–water partition coefficient (Wildman–Crippen LogP) is 4.36. The number of nitro groups is 1. The quantitative estimate of drug-likeness (QED) is 0.369. The van der Waals surface area contributed by atoms with E-state index in [4.69, 9.17) is 0 Å². The van der Waals surface area contributed by atoms with E-state index in [0.717, 1.165) is 34.1 Å². The molecular formula is C23H21N5O3S. The molecule has 1 aliphatic heterocycles. The number of benzene rings is 3. The summed E-state index contributed by atoms with van der Waals surface area (Å²) in [5, 5.41) is 17.1. The number of anilines is 2. The fourth-order valence-corrected chi connectivity index (χ4v) is 4.89. The molecule has 5 rings (SSSR count). The lowest BCUT2D eigenvalue weighted by Crippen LogP contribution is -2.44. The Morgan fingerprint density at radius 2 is 1.88 bits per heavy atom. The van der Waals surface area contributed by atoms with Crippen LogP contribution >= 0.6 is 11.3 Å². The maximum atomic E-state index is 12.9. The molecule has 1 aliphatic rings. The van der Waals surface area contributed by atoms with Crippen molar-refractivity contribution in [3.8, 4) is 0 Å². The Labute approximate surface area is 188 Å². The summed E-state index contributed by atoms with van der Waals surface area (Å²) in [5.74, 6) is -0.415. The van der Waals surface area contributed by atoms with Gasteiger partial charge in [-0.05, 0) is 30.6 Å². The first-order valence-electron chi connectivity index (χ1n) is 10.3. The number of hydrogen-bond acceptors (Lipinski definition) is 7. The molecule has 1 N–H and O–H groups in total. The molecule has 1 saturated heterocycles. The molecule has 0 aliphatic carbocycles. The molecule has 1 amide bonds. The number of likely N-dealkylation sites (N-methyl/N-ethyl adjacent to an activating group) is 1. The molecule has 0 saturated carbocycles. The molecule has 9 heteroatoms. The molecule has 4 aromatic rings. The first-order chi connectivity index (χ1) is 15.5. The third-order valence-electron chi connectivity index (χ3n) is 5.78. The minimum absolute atomic E-state index is 0.0579.